The van der Waals surface area contributed by atoms with Gasteiger partial charge in [0.25, 0.3) is 0 Å². The third kappa shape index (κ3) is 3.11. The Morgan fingerprint density at radius 1 is 1.38 bits per heavy atom. The van der Waals surface area contributed by atoms with E-state index in [9.17, 15) is 13.2 Å². The smallest absolute Gasteiger partial charge is 0.241 e. The molecule has 0 aliphatic carbocycles. The van der Waals surface area contributed by atoms with Gasteiger partial charge in [0.05, 0.1) is 4.90 Å². The monoisotopic (exact) mass is 310 g/mol. The first kappa shape index (κ1) is 16.0. The predicted molar refractivity (Wildman–Crippen MR) is 83.0 cm³/mol. The van der Waals surface area contributed by atoms with Crippen molar-refractivity contribution in [1.29, 1.82) is 0 Å². The number of aryl methyl sites for hydroxylation is 1. The van der Waals surface area contributed by atoms with Crippen molar-refractivity contribution in [1.82, 2.24) is 4.72 Å². The SMILES string of the molecule is CCC(=O)N1CCc2cc(C)c(S(=O)(=O)NC(C)C)cc21. The van der Waals surface area contributed by atoms with Crippen molar-refractivity contribution in [2.45, 2.75) is 51.5 Å². The van der Waals surface area contributed by atoms with Crippen LogP contribution in [0.2, 0.25) is 0 Å². The number of hydrogen-bond acceptors (Lipinski definition) is 3. The van der Waals surface area contributed by atoms with Gasteiger partial charge in [-0.2, -0.15) is 0 Å². The Labute approximate surface area is 126 Å². The number of nitrogens with one attached hydrogen (secondary N) is 1. The zero-order chi connectivity index (χ0) is 15.8. The Morgan fingerprint density at radius 3 is 2.62 bits per heavy atom. The standard InChI is InChI=1S/C15H22N2O3S/c1-5-15(18)17-7-6-12-8-11(4)14(9-13(12)17)21(19,20)16-10(2)3/h8-10,16H,5-7H2,1-4H3. The lowest BCUT2D eigenvalue weighted by molar-refractivity contribution is -0.118. The van der Waals surface area contributed by atoms with Crippen LogP contribution in [-0.4, -0.2) is 26.9 Å². The molecule has 1 aliphatic heterocycles. The molecular weight excluding hydrogens is 288 g/mol. The summed E-state index contributed by atoms with van der Waals surface area (Å²) in [6, 6.07) is 3.35. The van der Waals surface area contributed by atoms with Gasteiger partial charge in [0.2, 0.25) is 15.9 Å². The highest BCUT2D eigenvalue weighted by Crippen LogP contribution is 2.33. The number of nitrogens with zero attached hydrogens (tertiary/aromatic N) is 1. The number of fused-ring (bicyclic) bond motifs is 1. The summed E-state index contributed by atoms with van der Waals surface area (Å²) < 4.78 is 27.4. The van der Waals surface area contributed by atoms with Crippen LogP contribution in [0.1, 0.15) is 38.3 Å². The molecule has 0 aromatic heterocycles. The zero-order valence-corrected chi connectivity index (χ0v) is 13.8. The van der Waals surface area contributed by atoms with E-state index in [-0.39, 0.29) is 16.8 Å². The molecule has 1 heterocycles. The Kier molecular flexibility index (Phi) is 4.39. The van der Waals surface area contributed by atoms with Gasteiger partial charge in [-0.05, 0) is 44.4 Å². The second kappa shape index (κ2) is 5.77. The van der Waals surface area contributed by atoms with Gasteiger partial charge in [0.15, 0.2) is 0 Å². The zero-order valence-electron chi connectivity index (χ0n) is 12.9. The molecule has 6 heteroatoms. The number of sulfonamides is 1. The molecule has 2 rings (SSSR count). The highest BCUT2D eigenvalue weighted by molar-refractivity contribution is 7.89. The molecule has 1 aromatic rings. The maximum atomic E-state index is 12.4. The lowest BCUT2D eigenvalue weighted by atomic mass is 10.1. The fourth-order valence-electron chi connectivity index (χ4n) is 2.65. The van der Waals surface area contributed by atoms with Gasteiger partial charge in [0, 0.05) is 24.7 Å². The summed E-state index contributed by atoms with van der Waals surface area (Å²) in [7, 11) is -3.56. The van der Waals surface area contributed by atoms with Crippen LogP contribution in [0.25, 0.3) is 0 Å². The van der Waals surface area contributed by atoms with E-state index in [1.165, 1.54) is 0 Å². The average Bonchev–Trinajstić information content (AvgIpc) is 2.77. The number of benzene rings is 1. The van der Waals surface area contributed by atoms with Crippen molar-refractivity contribution in [2.24, 2.45) is 0 Å². The molecule has 0 saturated carbocycles. The summed E-state index contributed by atoms with van der Waals surface area (Å²) in [5, 5.41) is 0. The van der Waals surface area contributed by atoms with Crippen molar-refractivity contribution in [3.05, 3.63) is 23.3 Å². The second-order valence-electron chi connectivity index (χ2n) is 5.67. The first-order valence-corrected chi connectivity index (χ1v) is 8.70. The van der Waals surface area contributed by atoms with E-state index in [4.69, 9.17) is 0 Å². The maximum Gasteiger partial charge on any atom is 0.241 e. The van der Waals surface area contributed by atoms with Crippen LogP contribution in [0.15, 0.2) is 17.0 Å². The van der Waals surface area contributed by atoms with Crippen LogP contribution < -0.4 is 9.62 Å². The van der Waals surface area contributed by atoms with E-state index in [0.29, 0.717) is 18.5 Å². The Balaban J connectivity index is 2.49. The normalized spacial score (nSPS) is 14.6. The molecule has 0 saturated heterocycles. The van der Waals surface area contributed by atoms with Crippen molar-refractivity contribution in [2.75, 3.05) is 11.4 Å². The van der Waals surface area contributed by atoms with Crippen LogP contribution >= 0.6 is 0 Å². The van der Waals surface area contributed by atoms with Crippen LogP contribution in [0.3, 0.4) is 0 Å². The summed E-state index contributed by atoms with van der Waals surface area (Å²) in [6.45, 7) is 7.80. The van der Waals surface area contributed by atoms with E-state index < -0.39 is 10.0 Å². The fraction of sp³-hybridized carbons (Fsp3) is 0.533. The topological polar surface area (TPSA) is 66.5 Å². The first-order chi connectivity index (χ1) is 9.76. The highest BCUT2D eigenvalue weighted by Gasteiger charge is 2.27. The summed E-state index contributed by atoms with van der Waals surface area (Å²) in [4.78, 5) is 13.9. The Morgan fingerprint density at radius 2 is 2.05 bits per heavy atom. The van der Waals surface area contributed by atoms with Gasteiger partial charge in [-0.25, -0.2) is 13.1 Å². The Bertz CT molecular complexity index is 666. The van der Waals surface area contributed by atoms with Crippen LogP contribution in [-0.2, 0) is 21.2 Å². The van der Waals surface area contributed by atoms with E-state index >= 15 is 0 Å². The van der Waals surface area contributed by atoms with Crippen LogP contribution in [0, 0.1) is 6.92 Å². The van der Waals surface area contributed by atoms with Gasteiger partial charge >= 0.3 is 0 Å². The largest absolute Gasteiger partial charge is 0.312 e. The van der Waals surface area contributed by atoms with Crippen molar-refractivity contribution in [3.8, 4) is 0 Å². The predicted octanol–water partition coefficient (Wildman–Crippen LogP) is 1.98. The third-order valence-electron chi connectivity index (χ3n) is 3.56. The molecule has 1 amide bonds. The summed E-state index contributed by atoms with van der Waals surface area (Å²) >= 11 is 0. The lowest BCUT2D eigenvalue weighted by Crippen LogP contribution is -2.31. The van der Waals surface area contributed by atoms with E-state index in [1.54, 1.807) is 31.7 Å². The minimum Gasteiger partial charge on any atom is -0.312 e. The van der Waals surface area contributed by atoms with Gasteiger partial charge in [-0.3, -0.25) is 4.79 Å². The number of rotatable bonds is 4. The van der Waals surface area contributed by atoms with Crippen molar-refractivity contribution in [3.63, 3.8) is 0 Å². The van der Waals surface area contributed by atoms with Gasteiger partial charge in [0.1, 0.15) is 0 Å². The fourth-order valence-corrected chi connectivity index (χ4v) is 4.15. The molecule has 0 radical (unpaired) electrons. The molecule has 1 aliphatic rings. The number of amides is 1. The van der Waals surface area contributed by atoms with E-state index in [0.717, 1.165) is 17.7 Å². The third-order valence-corrected chi connectivity index (χ3v) is 5.36. The Hall–Kier alpha value is -1.40. The molecule has 0 fully saturated rings. The van der Waals surface area contributed by atoms with E-state index in [2.05, 4.69) is 4.72 Å². The number of carbonyl (C=O) groups is 1. The average molecular weight is 310 g/mol. The minimum absolute atomic E-state index is 0.0257. The molecule has 21 heavy (non-hydrogen) atoms. The van der Waals surface area contributed by atoms with Crippen molar-refractivity contribution >= 4 is 21.6 Å². The number of hydrogen-bond donors (Lipinski definition) is 1. The summed E-state index contributed by atoms with van der Waals surface area (Å²) in [5.41, 5.74) is 2.49. The molecule has 0 atom stereocenters. The number of carbonyl (C=O) groups excluding carboxylic acids is 1. The molecule has 116 valence electrons. The molecule has 1 aromatic carbocycles. The quantitative estimate of drug-likeness (QED) is 0.924. The van der Waals surface area contributed by atoms with Crippen LogP contribution in [0.4, 0.5) is 5.69 Å². The molecular formula is C15H22N2O3S. The van der Waals surface area contributed by atoms with Gasteiger partial charge in [-0.15, -0.1) is 0 Å². The maximum absolute atomic E-state index is 12.4. The lowest BCUT2D eigenvalue weighted by Gasteiger charge is -2.19. The molecule has 5 nitrogen and oxygen atoms in total. The molecule has 1 N–H and O–H groups in total. The molecule has 0 unspecified atom stereocenters. The highest BCUT2D eigenvalue weighted by atomic mass is 32.2. The summed E-state index contributed by atoms with van der Waals surface area (Å²) in [6.07, 6.45) is 1.19. The minimum atomic E-state index is -3.56. The van der Waals surface area contributed by atoms with Gasteiger partial charge < -0.3 is 4.90 Å². The number of anilines is 1. The van der Waals surface area contributed by atoms with Crippen LogP contribution in [0.5, 0.6) is 0 Å². The van der Waals surface area contributed by atoms with E-state index in [1.807, 2.05) is 13.0 Å². The second-order valence-corrected chi connectivity index (χ2v) is 7.35. The van der Waals surface area contributed by atoms with Gasteiger partial charge in [-0.1, -0.05) is 13.0 Å². The van der Waals surface area contributed by atoms with Crippen molar-refractivity contribution < 1.29 is 13.2 Å². The molecule has 0 bridgehead atoms. The first-order valence-electron chi connectivity index (χ1n) is 7.22. The molecule has 0 spiro atoms. The summed E-state index contributed by atoms with van der Waals surface area (Å²) in [5.74, 6) is 0.0257.